The summed E-state index contributed by atoms with van der Waals surface area (Å²) in [6.45, 7) is 8.06. The Morgan fingerprint density at radius 1 is 1.37 bits per heavy atom. The topological polar surface area (TPSA) is 41.6 Å². The maximum atomic E-state index is 12.3. The fourth-order valence-corrected chi connectivity index (χ4v) is 2.99. The number of carbonyl (C=O) groups excluding carboxylic acids is 1. The van der Waals surface area contributed by atoms with Crippen LogP contribution in [0, 0.1) is 5.92 Å². The van der Waals surface area contributed by atoms with Gasteiger partial charge < -0.3 is 15.0 Å². The molecular formula is C15H28N2O2. The third-order valence-corrected chi connectivity index (χ3v) is 4.11. The second-order valence-electron chi connectivity index (χ2n) is 6.25. The average Bonchev–Trinajstić information content (AvgIpc) is 2.89. The molecule has 0 saturated carbocycles. The molecule has 0 spiro atoms. The number of nitrogens with zero attached hydrogens (tertiary/aromatic N) is 1. The van der Waals surface area contributed by atoms with Crippen LogP contribution in [-0.4, -0.2) is 49.2 Å². The van der Waals surface area contributed by atoms with Crippen molar-refractivity contribution in [3.8, 4) is 0 Å². The van der Waals surface area contributed by atoms with Crippen molar-refractivity contribution in [2.75, 3.05) is 26.2 Å². The Morgan fingerprint density at radius 2 is 2.21 bits per heavy atom. The molecule has 1 amide bonds. The molecule has 0 aromatic rings. The molecule has 19 heavy (non-hydrogen) atoms. The van der Waals surface area contributed by atoms with Crippen molar-refractivity contribution >= 4 is 5.91 Å². The zero-order chi connectivity index (χ0) is 13.7. The highest BCUT2D eigenvalue weighted by Crippen LogP contribution is 2.20. The molecule has 2 saturated heterocycles. The van der Waals surface area contributed by atoms with Crippen molar-refractivity contribution in [2.24, 2.45) is 5.92 Å². The van der Waals surface area contributed by atoms with Gasteiger partial charge in [0.1, 0.15) is 0 Å². The van der Waals surface area contributed by atoms with E-state index in [1.54, 1.807) is 0 Å². The lowest BCUT2D eigenvalue weighted by Crippen LogP contribution is -2.44. The molecular weight excluding hydrogens is 240 g/mol. The van der Waals surface area contributed by atoms with E-state index in [0.29, 0.717) is 24.3 Å². The molecule has 2 aliphatic heterocycles. The number of likely N-dealkylation sites (tertiary alicyclic amines) is 1. The minimum absolute atomic E-state index is 0.182. The molecule has 2 rings (SSSR count). The monoisotopic (exact) mass is 268 g/mol. The van der Waals surface area contributed by atoms with Gasteiger partial charge in [-0.1, -0.05) is 13.8 Å². The first-order chi connectivity index (χ1) is 9.15. The number of rotatable bonds is 5. The summed E-state index contributed by atoms with van der Waals surface area (Å²) in [4.78, 5) is 14.3. The highest BCUT2D eigenvalue weighted by Gasteiger charge is 2.26. The molecule has 0 aliphatic carbocycles. The molecule has 2 aliphatic rings. The Balaban J connectivity index is 1.74. The molecule has 110 valence electrons. The van der Waals surface area contributed by atoms with Crippen LogP contribution in [0.25, 0.3) is 0 Å². The zero-order valence-corrected chi connectivity index (χ0v) is 12.4. The van der Waals surface area contributed by atoms with Gasteiger partial charge >= 0.3 is 0 Å². The van der Waals surface area contributed by atoms with Crippen molar-refractivity contribution in [1.82, 2.24) is 10.2 Å². The van der Waals surface area contributed by atoms with Gasteiger partial charge in [0.25, 0.3) is 0 Å². The number of carbonyl (C=O) groups is 1. The largest absolute Gasteiger partial charge is 0.378 e. The Kier molecular flexibility index (Phi) is 5.64. The van der Waals surface area contributed by atoms with Gasteiger partial charge in [0.05, 0.1) is 12.5 Å². The Bertz CT molecular complexity index is 288. The van der Waals surface area contributed by atoms with E-state index in [4.69, 9.17) is 4.74 Å². The van der Waals surface area contributed by atoms with Gasteiger partial charge in [-0.25, -0.2) is 0 Å². The van der Waals surface area contributed by atoms with E-state index in [9.17, 15) is 4.79 Å². The summed E-state index contributed by atoms with van der Waals surface area (Å²) in [6, 6.07) is 0.526. The molecule has 0 bridgehead atoms. The van der Waals surface area contributed by atoms with Crippen molar-refractivity contribution in [3.05, 3.63) is 0 Å². The van der Waals surface area contributed by atoms with Crippen molar-refractivity contribution in [3.63, 3.8) is 0 Å². The van der Waals surface area contributed by atoms with Gasteiger partial charge in [-0.2, -0.15) is 0 Å². The summed E-state index contributed by atoms with van der Waals surface area (Å²) >= 11 is 0. The quantitative estimate of drug-likeness (QED) is 0.826. The molecule has 1 N–H and O–H groups in total. The summed E-state index contributed by atoms with van der Waals surface area (Å²) in [6.07, 6.45) is 5.31. The summed E-state index contributed by atoms with van der Waals surface area (Å²) < 4.78 is 5.56. The van der Waals surface area contributed by atoms with Crippen LogP contribution in [-0.2, 0) is 9.53 Å². The molecule has 2 fully saturated rings. The summed E-state index contributed by atoms with van der Waals surface area (Å²) in [5.41, 5.74) is 0. The number of ether oxygens (including phenoxy) is 1. The average molecular weight is 268 g/mol. The van der Waals surface area contributed by atoms with Crippen LogP contribution >= 0.6 is 0 Å². The van der Waals surface area contributed by atoms with E-state index in [1.807, 2.05) is 0 Å². The first-order valence-corrected chi connectivity index (χ1v) is 7.78. The van der Waals surface area contributed by atoms with Crippen molar-refractivity contribution in [2.45, 2.75) is 58.1 Å². The van der Waals surface area contributed by atoms with Gasteiger partial charge in [0.2, 0.25) is 5.91 Å². The van der Waals surface area contributed by atoms with E-state index in [2.05, 4.69) is 24.1 Å². The van der Waals surface area contributed by atoms with E-state index in [0.717, 1.165) is 45.5 Å². The molecule has 0 aromatic heterocycles. The Labute approximate surface area is 116 Å². The van der Waals surface area contributed by atoms with Gasteiger partial charge in [-0.05, 0) is 38.1 Å². The summed E-state index contributed by atoms with van der Waals surface area (Å²) in [5, 5.41) is 3.49. The number of piperidine rings is 1. The van der Waals surface area contributed by atoms with Crippen LogP contribution < -0.4 is 5.32 Å². The predicted molar refractivity (Wildman–Crippen MR) is 76.0 cm³/mol. The molecule has 4 heteroatoms. The Morgan fingerprint density at radius 3 is 2.89 bits per heavy atom. The molecule has 2 heterocycles. The van der Waals surface area contributed by atoms with E-state index < -0.39 is 0 Å². The third-order valence-electron chi connectivity index (χ3n) is 4.11. The fourth-order valence-electron chi connectivity index (χ4n) is 2.99. The van der Waals surface area contributed by atoms with Crippen molar-refractivity contribution < 1.29 is 9.53 Å². The SMILES string of the molecule is CC(C)NCC1CCCN(C(=O)CC2CCCO2)C1. The number of hydrogen-bond donors (Lipinski definition) is 1. The van der Waals surface area contributed by atoms with Crippen LogP contribution in [0.5, 0.6) is 0 Å². The summed E-state index contributed by atoms with van der Waals surface area (Å²) in [5.74, 6) is 0.908. The highest BCUT2D eigenvalue weighted by atomic mass is 16.5. The lowest BCUT2D eigenvalue weighted by atomic mass is 9.97. The third kappa shape index (κ3) is 4.77. The van der Waals surface area contributed by atoms with Crippen LogP contribution in [0.2, 0.25) is 0 Å². The minimum atomic E-state index is 0.182. The molecule has 4 nitrogen and oxygen atoms in total. The standard InChI is InChI=1S/C15H28N2O2/c1-12(2)16-10-13-5-3-7-17(11-13)15(18)9-14-6-4-8-19-14/h12-14,16H,3-11H2,1-2H3. The lowest BCUT2D eigenvalue weighted by molar-refractivity contribution is -0.135. The smallest absolute Gasteiger partial charge is 0.225 e. The molecule has 2 unspecified atom stereocenters. The van der Waals surface area contributed by atoms with Gasteiger partial charge in [-0.15, -0.1) is 0 Å². The van der Waals surface area contributed by atoms with Crippen molar-refractivity contribution in [1.29, 1.82) is 0 Å². The first kappa shape index (κ1) is 14.8. The molecule has 0 radical (unpaired) electrons. The maximum absolute atomic E-state index is 12.3. The van der Waals surface area contributed by atoms with Crippen LogP contribution in [0.15, 0.2) is 0 Å². The fraction of sp³-hybridized carbons (Fsp3) is 0.933. The number of hydrogen-bond acceptors (Lipinski definition) is 3. The second kappa shape index (κ2) is 7.25. The minimum Gasteiger partial charge on any atom is -0.378 e. The van der Waals surface area contributed by atoms with Crippen LogP contribution in [0.4, 0.5) is 0 Å². The molecule has 0 aromatic carbocycles. The van der Waals surface area contributed by atoms with E-state index in [1.165, 1.54) is 6.42 Å². The van der Waals surface area contributed by atoms with Gasteiger partial charge in [-0.3, -0.25) is 4.79 Å². The van der Waals surface area contributed by atoms with Gasteiger partial charge in [0, 0.05) is 25.7 Å². The van der Waals surface area contributed by atoms with E-state index in [-0.39, 0.29) is 6.10 Å². The van der Waals surface area contributed by atoms with Crippen LogP contribution in [0.3, 0.4) is 0 Å². The van der Waals surface area contributed by atoms with E-state index >= 15 is 0 Å². The molecule has 2 atom stereocenters. The zero-order valence-electron chi connectivity index (χ0n) is 12.4. The highest BCUT2D eigenvalue weighted by molar-refractivity contribution is 5.76. The number of amides is 1. The van der Waals surface area contributed by atoms with Gasteiger partial charge in [0.15, 0.2) is 0 Å². The predicted octanol–water partition coefficient (Wildman–Crippen LogP) is 1.79. The maximum Gasteiger partial charge on any atom is 0.225 e. The lowest BCUT2D eigenvalue weighted by Gasteiger charge is -2.34. The Hall–Kier alpha value is -0.610. The summed E-state index contributed by atoms with van der Waals surface area (Å²) in [7, 11) is 0. The number of nitrogens with one attached hydrogen (secondary N) is 1. The van der Waals surface area contributed by atoms with Crippen LogP contribution in [0.1, 0.15) is 46.0 Å². The first-order valence-electron chi connectivity index (χ1n) is 7.78. The second-order valence-corrected chi connectivity index (χ2v) is 6.25. The normalized spacial score (nSPS) is 28.1.